The van der Waals surface area contributed by atoms with Crippen LogP contribution in [-0.2, 0) is 4.74 Å². The van der Waals surface area contributed by atoms with Crippen LogP contribution in [-0.4, -0.2) is 28.2 Å². The molecular weight excluding hydrogens is 272 g/mol. The Balaban J connectivity index is 1.94. The molecule has 106 valence electrons. The molecule has 1 aromatic carbocycles. The number of aliphatic hydroxyl groups is 1. The topological polar surface area (TPSA) is 85.5 Å². The third-order valence-corrected chi connectivity index (χ3v) is 3.03. The van der Waals surface area contributed by atoms with Crippen molar-refractivity contribution in [2.45, 2.75) is 6.10 Å². The molecule has 2 aromatic heterocycles. The number of benzene rings is 1. The van der Waals surface area contributed by atoms with Crippen LogP contribution in [0.25, 0.3) is 11.0 Å². The number of para-hydroxylation sites is 2. The van der Waals surface area contributed by atoms with E-state index in [0.29, 0.717) is 11.2 Å². The fourth-order valence-corrected chi connectivity index (χ4v) is 1.96. The molecule has 0 saturated heterocycles. The monoisotopic (exact) mass is 284 g/mol. The van der Waals surface area contributed by atoms with Crippen LogP contribution in [0.1, 0.15) is 28.1 Å². The molecule has 0 aliphatic rings. The number of hydrogen-bond donors (Lipinski definition) is 1. The Morgan fingerprint density at radius 3 is 2.76 bits per heavy atom. The van der Waals surface area contributed by atoms with Crippen LogP contribution < -0.4 is 0 Å². The van der Waals surface area contributed by atoms with Gasteiger partial charge in [0.05, 0.1) is 30.0 Å². The summed E-state index contributed by atoms with van der Waals surface area (Å²) in [4.78, 5) is 19.9. The van der Waals surface area contributed by atoms with Gasteiger partial charge in [0.2, 0.25) is 5.76 Å². The van der Waals surface area contributed by atoms with Crippen LogP contribution in [0.4, 0.5) is 0 Å². The highest BCUT2D eigenvalue weighted by atomic mass is 16.5. The van der Waals surface area contributed by atoms with Crippen molar-refractivity contribution in [3.63, 3.8) is 0 Å². The minimum absolute atomic E-state index is 0.0281. The SMILES string of the molecule is COC(=O)c1ccc(C(O)c2cnc3ccccc3n2)o1. The van der Waals surface area contributed by atoms with E-state index in [4.69, 9.17) is 4.42 Å². The van der Waals surface area contributed by atoms with E-state index in [1.54, 1.807) is 6.07 Å². The minimum atomic E-state index is -1.10. The first kappa shape index (κ1) is 13.3. The van der Waals surface area contributed by atoms with E-state index < -0.39 is 12.1 Å². The predicted molar refractivity (Wildman–Crippen MR) is 73.6 cm³/mol. The molecule has 3 rings (SSSR count). The fourth-order valence-electron chi connectivity index (χ4n) is 1.96. The number of carbonyl (C=O) groups excluding carboxylic acids is 1. The lowest BCUT2D eigenvalue weighted by atomic mass is 10.2. The Kier molecular flexibility index (Phi) is 3.37. The number of carbonyl (C=O) groups is 1. The van der Waals surface area contributed by atoms with Crippen LogP contribution in [0, 0.1) is 0 Å². The molecule has 6 nitrogen and oxygen atoms in total. The molecule has 0 bridgehead atoms. The lowest BCUT2D eigenvalue weighted by molar-refractivity contribution is 0.0557. The highest BCUT2D eigenvalue weighted by Gasteiger charge is 2.19. The highest BCUT2D eigenvalue weighted by Crippen LogP contribution is 2.23. The Bertz CT molecular complexity index is 797. The largest absolute Gasteiger partial charge is 0.463 e. The van der Waals surface area contributed by atoms with Crippen molar-refractivity contribution in [2.75, 3.05) is 7.11 Å². The normalized spacial score (nSPS) is 12.3. The van der Waals surface area contributed by atoms with Crippen LogP contribution in [0.15, 0.2) is 47.0 Å². The van der Waals surface area contributed by atoms with Crippen molar-refractivity contribution in [2.24, 2.45) is 0 Å². The second-order valence-corrected chi connectivity index (χ2v) is 4.38. The Morgan fingerprint density at radius 2 is 2.00 bits per heavy atom. The second-order valence-electron chi connectivity index (χ2n) is 4.38. The van der Waals surface area contributed by atoms with Gasteiger partial charge in [-0.25, -0.2) is 9.78 Å². The maximum Gasteiger partial charge on any atom is 0.373 e. The summed E-state index contributed by atoms with van der Waals surface area (Å²) in [6, 6.07) is 10.3. The van der Waals surface area contributed by atoms with Crippen molar-refractivity contribution in [1.29, 1.82) is 0 Å². The zero-order valence-electron chi connectivity index (χ0n) is 11.2. The first-order chi connectivity index (χ1) is 10.2. The van der Waals surface area contributed by atoms with E-state index >= 15 is 0 Å². The van der Waals surface area contributed by atoms with Gasteiger partial charge in [-0.3, -0.25) is 4.98 Å². The van der Waals surface area contributed by atoms with Gasteiger partial charge in [-0.15, -0.1) is 0 Å². The van der Waals surface area contributed by atoms with Crippen LogP contribution >= 0.6 is 0 Å². The Labute approximate surface area is 120 Å². The molecule has 0 aliphatic heterocycles. The summed E-state index contributed by atoms with van der Waals surface area (Å²) < 4.78 is 9.82. The van der Waals surface area contributed by atoms with Crippen molar-refractivity contribution in [1.82, 2.24) is 9.97 Å². The van der Waals surface area contributed by atoms with E-state index in [-0.39, 0.29) is 11.5 Å². The number of furan rings is 1. The molecule has 1 N–H and O–H groups in total. The van der Waals surface area contributed by atoms with Gasteiger partial charge in [-0.2, -0.15) is 0 Å². The molecule has 2 heterocycles. The van der Waals surface area contributed by atoms with Gasteiger partial charge < -0.3 is 14.3 Å². The predicted octanol–water partition coefficient (Wildman–Crippen LogP) is 2.09. The molecule has 0 aliphatic carbocycles. The summed E-state index contributed by atoms with van der Waals surface area (Å²) >= 11 is 0. The molecule has 0 amide bonds. The number of aliphatic hydroxyl groups excluding tert-OH is 1. The molecule has 0 spiro atoms. The fraction of sp³-hybridized carbons (Fsp3) is 0.133. The van der Waals surface area contributed by atoms with Gasteiger partial charge in [0, 0.05) is 0 Å². The first-order valence-corrected chi connectivity index (χ1v) is 6.27. The summed E-state index contributed by atoms with van der Waals surface area (Å²) in [6.07, 6.45) is 0.383. The van der Waals surface area contributed by atoms with E-state index in [2.05, 4.69) is 14.7 Å². The van der Waals surface area contributed by atoms with Crippen LogP contribution in [0.3, 0.4) is 0 Å². The zero-order chi connectivity index (χ0) is 14.8. The highest BCUT2D eigenvalue weighted by molar-refractivity contribution is 5.86. The molecular formula is C15H12N2O4. The summed E-state index contributed by atoms with van der Waals surface area (Å²) in [6.45, 7) is 0. The molecule has 0 fully saturated rings. The third-order valence-electron chi connectivity index (χ3n) is 3.03. The van der Waals surface area contributed by atoms with E-state index in [1.807, 2.05) is 18.2 Å². The van der Waals surface area contributed by atoms with Crippen LogP contribution in [0.2, 0.25) is 0 Å². The number of rotatable bonds is 3. The van der Waals surface area contributed by atoms with Crippen molar-refractivity contribution < 1.29 is 19.1 Å². The molecule has 1 atom stereocenters. The Morgan fingerprint density at radius 1 is 1.24 bits per heavy atom. The number of fused-ring (bicyclic) bond motifs is 1. The lowest BCUT2D eigenvalue weighted by Crippen LogP contribution is -2.03. The average molecular weight is 284 g/mol. The molecule has 21 heavy (non-hydrogen) atoms. The minimum Gasteiger partial charge on any atom is -0.463 e. The van der Waals surface area contributed by atoms with Crippen molar-refractivity contribution in [3.05, 3.63) is 59.8 Å². The average Bonchev–Trinajstić information content (AvgIpc) is 3.03. The van der Waals surface area contributed by atoms with Gasteiger partial charge >= 0.3 is 5.97 Å². The smallest absolute Gasteiger partial charge is 0.373 e. The van der Waals surface area contributed by atoms with Crippen molar-refractivity contribution >= 4 is 17.0 Å². The number of esters is 1. The zero-order valence-corrected chi connectivity index (χ0v) is 11.2. The molecule has 0 saturated carbocycles. The van der Waals surface area contributed by atoms with Gasteiger partial charge in [0.1, 0.15) is 5.76 Å². The molecule has 6 heteroatoms. The van der Waals surface area contributed by atoms with E-state index in [1.165, 1.54) is 25.4 Å². The number of ether oxygens (including phenoxy) is 1. The van der Waals surface area contributed by atoms with E-state index in [0.717, 1.165) is 5.52 Å². The molecule has 0 radical (unpaired) electrons. The number of nitrogens with zero attached hydrogens (tertiary/aromatic N) is 2. The van der Waals surface area contributed by atoms with Crippen molar-refractivity contribution in [3.8, 4) is 0 Å². The summed E-state index contributed by atoms with van der Waals surface area (Å²) in [7, 11) is 1.26. The summed E-state index contributed by atoms with van der Waals surface area (Å²) in [5.74, 6) is -0.363. The third kappa shape index (κ3) is 2.48. The van der Waals surface area contributed by atoms with Gasteiger partial charge in [-0.05, 0) is 24.3 Å². The lowest BCUT2D eigenvalue weighted by Gasteiger charge is -2.07. The second kappa shape index (κ2) is 5.34. The Hall–Kier alpha value is -2.73. The van der Waals surface area contributed by atoms with Crippen LogP contribution in [0.5, 0.6) is 0 Å². The molecule has 1 unspecified atom stereocenters. The standard InChI is InChI=1S/C15H12N2O4/c1-20-15(19)13-7-6-12(21-13)14(18)11-8-16-9-4-2-3-5-10(9)17-11/h2-8,14,18H,1H3. The summed E-state index contributed by atoms with van der Waals surface area (Å²) in [5, 5.41) is 10.3. The maximum absolute atomic E-state index is 11.3. The number of aromatic nitrogens is 2. The van der Waals surface area contributed by atoms with Gasteiger partial charge in [-0.1, -0.05) is 12.1 Å². The first-order valence-electron chi connectivity index (χ1n) is 6.27. The quantitative estimate of drug-likeness (QED) is 0.741. The van der Waals surface area contributed by atoms with Gasteiger partial charge in [0.25, 0.3) is 0 Å². The summed E-state index contributed by atoms with van der Waals surface area (Å²) in [5.41, 5.74) is 1.76. The van der Waals surface area contributed by atoms with Gasteiger partial charge in [0.15, 0.2) is 6.10 Å². The maximum atomic E-state index is 11.3. The van der Waals surface area contributed by atoms with E-state index in [9.17, 15) is 9.90 Å². The number of methoxy groups -OCH3 is 1. The number of hydrogen-bond acceptors (Lipinski definition) is 6. The molecule has 3 aromatic rings.